The Bertz CT molecular complexity index is 377. The maximum absolute atomic E-state index is 2.24. The Labute approximate surface area is 79.6 Å². The highest BCUT2D eigenvalue weighted by Crippen LogP contribution is 2.30. The average molecular weight is 170 g/mol. The third-order valence-corrected chi connectivity index (χ3v) is 2.51. The summed E-state index contributed by atoms with van der Waals surface area (Å²) in [7, 11) is 0. The molecule has 1 aliphatic carbocycles. The highest BCUT2D eigenvalue weighted by atomic mass is 14.1. The minimum Gasteiger partial charge on any atom is -0.0795 e. The minimum absolute atomic E-state index is 1.08. The number of allylic oxidation sites excluding steroid dienone is 3. The number of hydrogen-bond acceptors (Lipinski definition) is 0. The van der Waals surface area contributed by atoms with E-state index >= 15 is 0 Å². The van der Waals surface area contributed by atoms with Gasteiger partial charge in [-0.2, -0.15) is 0 Å². The molecule has 1 aliphatic rings. The fourth-order valence-corrected chi connectivity index (χ4v) is 1.80. The molecule has 1 aromatic rings. The fraction of sp³-hybridized carbons (Fsp3) is 0.231. The Morgan fingerprint density at radius 3 is 2.69 bits per heavy atom. The van der Waals surface area contributed by atoms with Gasteiger partial charge in [-0.3, -0.25) is 0 Å². The van der Waals surface area contributed by atoms with Crippen molar-refractivity contribution in [2.75, 3.05) is 0 Å². The molecule has 0 saturated heterocycles. The van der Waals surface area contributed by atoms with Crippen LogP contribution in [-0.4, -0.2) is 0 Å². The van der Waals surface area contributed by atoms with Gasteiger partial charge < -0.3 is 0 Å². The molecule has 0 N–H and O–H groups in total. The molecule has 1 aromatic carbocycles. The first-order valence-electron chi connectivity index (χ1n) is 4.71. The smallest absolute Gasteiger partial charge is 0.00886 e. The largest absolute Gasteiger partial charge is 0.0795 e. The highest BCUT2D eigenvalue weighted by Gasteiger charge is 2.09. The fourth-order valence-electron chi connectivity index (χ4n) is 1.80. The molecule has 0 nitrogen and oxygen atoms in total. The zero-order valence-electron chi connectivity index (χ0n) is 8.17. The van der Waals surface area contributed by atoms with Crippen LogP contribution in [0.5, 0.6) is 0 Å². The predicted molar refractivity (Wildman–Crippen MR) is 58.4 cm³/mol. The molecule has 0 amide bonds. The average Bonchev–Trinajstić information content (AvgIpc) is 2.17. The van der Waals surface area contributed by atoms with E-state index in [1.165, 1.54) is 22.3 Å². The van der Waals surface area contributed by atoms with E-state index in [4.69, 9.17) is 0 Å². The summed E-state index contributed by atoms with van der Waals surface area (Å²) < 4.78 is 0. The van der Waals surface area contributed by atoms with Crippen molar-refractivity contribution >= 4 is 11.6 Å². The van der Waals surface area contributed by atoms with Crippen molar-refractivity contribution in [3.63, 3.8) is 0 Å². The number of rotatable bonds is 0. The monoisotopic (exact) mass is 170 g/mol. The van der Waals surface area contributed by atoms with Crippen LogP contribution in [0.2, 0.25) is 0 Å². The quantitative estimate of drug-likeness (QED) is 0.554. The molecule has 0 unspecified atom stereocenters. The van der Waals surface area contributed by atoms with Crippen molar-refractivity contribution in [3.05, 3.63) is 47.0 Å². The second-order valence-corrected chi connectivity index (χ2v) is 3.67. The topological polar surface area (TPSA) is 0 Å². The van der Waals surface area contributed by atoms with Gasteiger partial charge in [-0.15, -0.1) is 0 Å². The number of fused-ring (bicyclic) bond motifs is 1. The SMILES string of the molecule is CC(C)=C1CC=Cc2ccccc21. The van der Waals surface area contributed by atoms with Crippen molar-refractivity contribution in [2.24, 2.45) is 0 Å². The van der Waals surface area contributed by atoms with Gasteiger partial charge in [-0.1, -0.05) is 42.0 Å². The van der Waals surface area contributed by atoms with Gasteiger partial charge >= 0.3 is 0 Å². The first kappa shape index (κ1) is 8.31. The zero-order chi connectivity index (χ0) is 9.26. The lowest BCUT2D eigenvalue weighted by Gasteiger charge is -2.15. The number of benzene rings is 1. The maximum atomic E-state index is 2.24. The summed E-state index contributed by atoms with van der Waals surface area (Å²) in [6.07, 6.45) is 5.53. The van der Waals surface area contributed by atoms with Crippen LogP contribution >= 0.6 is 0 Å². The van der Waals surface area contributed by atoms with Gasteiger partial charge in [0.25, 0.3) is 0 Å². The van der Waals surface area contributed by atoms with Gasteiger partial charge in [0.05, 0.1) is 0 Å². The van der Waals surface area contributed by atoms with Crippen LogP contribution in [0.1, 0.15) is 31.4 Å². The van der Waals surface area contributed by atoms with Crippen LogP contribution in [0.3, 0.4) is 0 Å². The molecule has 0 atom stereocenters. The normalized spacial score (nSPS) is 14.2. The van der Waals surface area contributed by atoms with Crippen LogP contribution in [0, 0.1) is 0 Å². The summed E-state index contributed by atoms with van der Waals surface area (Å²) in [5, 5.41) is 0. The van der Waals surface area contributed by atoms with Crippen LogP contribution in [0.4, 0.5) is 0 Å². The van der Waals surface area contributed by atoms with Gasteiger partial charge in [0.2, 0.25) is 0 Å². The minimum atomic E-state index is 1.08. The van der Waals surface area contributed by atoms with E-state index in [0.29, 0.717) is 0 Å². The van der Waals surface area contributed by atoms with Gasteiger partial charge in [-0.25, -0.2) is 0 Å². The van der Waals surface area contributed by atoms with Crippen molar-refractivity contribution in [2.45, 2.75) is 20.3 Å². The summed E-state index contributed by atoms with van der Waals surface area (Å²) in [6.45, 7) is 4.37. The summed E-state index contributed by atoms with van der Waals surface area (Å²) in [5.74, 6) is 0. The van der Waals surface area contributed by atoms with E-state index in [-0.39, 0.29) is 0 Å². The molecule has 0 spiro atoms. The van der Waals surface area contributed by atoms with Crippen LogP contribution in [0.25, 0.3) is 11.6 Å². The van der Waals surface area contributed by atoms with E-state index < -0.39 is 0 Å². The first-order valence-corrected chi connectivity index (χ1v) is 4.71. The third kappa shape index (κ3) is 1.44. The zero-order valence-corrected chi connectivity index (χ0v) is 8.17. The van der Waals surface area contributed by atoms with E-state index in [1.807, 2.05) is 0 Å². The van der Waals surface area contributed by atoms with Gasteiger partial charge in [0.1, 0.15) is 0 Å². The Hall–Kier alpha value is -1.30. The van der Waals surface area contributed by atoms with E-state index in [9.17, 15) is 0 Å². The van der Waals surface area contributed by atoms with Gasteiger partial charge in [-0.05, 0) is 37.0 Å². The third-order valence-electron chi connectivity index (χ3n) is 2.51. The Balaban J connectivity index is 2.63. The van der Waals surface area contributed by atoms with E-state index in [0.717, 1.165) is 6.42 Å². The first-order chi connectivity index (χ1) is 6.29. The molecule has 0 aliphatic heterocycles. The molecule has 0 aromatic heterocycles. The lowest BCUT2D eigenvalue weighted by atomic mass is 9.90. The number of hydrogen-bond donors (Lipinski definition) is 0. The molecule has 0 saturated carbocycles. The Morgan fingerprint density at radius 1 is 1.15 bits per heavy atom. The predicted octanol–water partition coefficient (Wildman–Crippen LogP) is 3.90. The van der Waals surface area contributed by atoms with E-state index in [2.05, 4.69) is 50.3 Å². The second-order valence-electron chi connectivity index (χ2n) is 3.67. The highest BCUT2D eigenvalue weighted by molar-refractivity contribution is 5.80. The Kier molecular flexibility index (Phi) is 2.05. The summed E-state index contributed by atoms with van der Waals surface area (Å²) >= 11 is 0. The molecule has 0 heterocycles. The van der Waals surface area contributed by atoms with Gasteiger partial charge in [0, 0.05) is 0 Å². The molecule has 13 heavy (non-hydrogen) atoms. The Morgan fingerprint density at radius 2 is 1.92 bits per heavy atom. The lowest BCUT2D eigenvalue weighted by molar-refractivity contribution is 1.27. The summed E-state index contributed by atoms with van der Waals surface area (Å²) in [5.41, 5.74) is 5.67. The van der Waals surface area contributed by atoms with Crippen molar-refractivity contribution < 1.29 is 0 Å². The molecular formula is C13H14. The van der Waals surface area contributed by atoms with Crippen molar-refractivity contribution in [1.82, 2.24) is 0 Å². The maximum Gasteiger partial charge on any atom is -0.00886 e. The van der Waals surface area contributed by atoms with Crippen LogP contribution < -0.4 is 0 Å². The van der Waals surface area contributed by atoms with Crippen molar-refractivity contribution in [3.8, 4) is 0 Å². The second kappa shape index (κ2) is 3.21. The molecular weight excluding hydrogens is 156 g/mol. The summed E-state index contributed by atoms with van der Waals surface area (Å²) in [6, 6.07) is 8.59. The molecule has 2 rings (SSSR count). The molecule has 0 fully saturated rings. The van der Waals surface area contributed by atoms with Crippen LogP contribution in [-0.2, 0) is 0 Å². The molecule has 0 radical (unpaired) electrons. The van der Waals surface area contributed by atoms with Crippen molar-refractivity contribution in [1.29, 1.82) is 0 Å². The lowest BCUT2D eigenvalue weighted by Crippen LogP contribution is -1.94. The molecule has 0 heteroatoms. The van der Waals surface area contributed by atoms with Gasteiger partial charge in [0.15, 0.2) is 0 Å². The standard InChI is InChI=1S/C13H14/c1-10(2)12-9-5-7-11-6-3-4-8-13(11)12/h3-8H,9H2,1-2H3. The molecule has 66 valence electrons. The summed E-state index contributed by atoms with van der Waals surface area (Å²) in [4.78, 5) is 0. The molecule has 0 bridgehead atoms. The van der Waals surface area contributed by atoms with Crippen LogP contribution in [0.15, 0.2) is 35.9 Å². The van der Waals surface area contributed by atoms with E-state index in [1.54, 1.807) is 0 Å².